The minimum absolute atomic E-state index is 0.305. The largest absolute Gasteiger partial charge is 0.313 e. The molecule has 2 nitrogen and oxygen atoms in total. The molecule has 0 aliphatic carbocycles. The van der Waals surface area contributed by atoms with Gasteiger partial charge in [0.05, 0.1) is 0 Å². The first-order valence-electron chi connectivity index (χ1n) is 2.60. The first-order valence-corrected chi connectivity index (χ1v) is 4.26. The summed E-state index contributed by atoms with van der Waals surface area (Å²) in [6, 6.07) is 0. The van der Waals surface area contributed by atoms with Gasteiger partial charge in [-0.05, 0) is 41.2 Å². The van der Waals surface area contributed by atoms with E-state index >= 15 is 0 Å². The Balaban J connectivity index is 0. The maximum Gasteiger partial charge on any atom is 0.313 e. The zero-order chi connectivity index (χ0) is 9.28. The maximum atomic E-state index is 9.91. The summed E-state index contributed by atoms with van der Waals surface area (Å²) in [6.07, 6.45) is 1.08. The topological polar surface area (TPSA) is 34.1 Å². The van der Waals surface area contributed by atoms with Crippen LogP contribution in [0.3, 0.4) is 0 Å². The molecular formula is C5H6Cl4O2. The van der Waals surface area contributed by atoms with E-state index in [9.17, 15) is 4.79 Å². The first-order chi connectivity index (χ1) is 5.00. The molecule has 0 aromatic rings. The molecule has 0 radical (unpaired) electrons. The number of alkyl halides is 1. The van der Waals surface area contributed by atoms with E-state index in [1.807, 2.05) is 0 Å². The monoisotopic (exact) mass is 238 g/mol. The lowest BCUT2D eigenvalue weighted by Gasteiger charge is -1.83. The number of halogens is 4. The maximum absolute atomic E-state index is 9.91. The minimum Gasteiger partial charge on any atom is -0.281 e. The molecule has 0 N–H and O–H groups in total. The number of carbonyl (C=O) groups is 2. The third-order valence-corrected chi connectivity index (χ3v) is 0.963. The van der Waals surface area contributed by atoms with Crippen LogP contribution in [0.25, 0.3) is 0 Å². The molecule has 0 bridgehead atoms. The van der Waals surface area contributed by atoms with Crippen LogP contribution in [0.1, 0.15) is 12.8 Å². The summed E-state index contributed by atoms with van der Waals surface area (Å²) in [6.45, 7) is 0. The molecule has 0 aromatic carbocycles. The Labute approximate surface area is 84.7 Å². The van der Waals surface area contributed by atoms with Crippen LogP contribution < -0.4 is 0 Å². The molecule has 11 heavy (non-hydrogen) atoms. The Kier molecular flexibility index (Phi) is 13.4. The van der Waals surface area contributed by atoms with E-state index in [0.29, 0.717) is 18.7 Å². The van der Waals surface area contributed by atoms with Crippen LogP contribution in [0.4, 0.5) is 4.79 Å². The lowest BCUT2D eigenvalue weighted by atomic mass is 10.4. The van der Waals surface area contributed by atoms with Crippen molar-refractivity contribution in [2.45, 2.75) is 12.8 Å². The fraction of sp³-hybridized carbons (Fsp3) is 0.600. The highest BCUT2D eigenvalue weighted by atomic mass is 35.5. The van der Waals surface area contributed by atoms with Gasteiger partial charge in [-0.2, -0.15) is 0 Å². The summed E-state index contributed by atoms with van der Waals surface area (Å²) >= 11 is 19.0. The molecule has 0 rings (SSSR count). The number of carbonyl (C=O) groups excluding carboxylic acids is 2. The molecule has 0 saturated heterocycles. The molecule has 0 atom stereocenters. The average Bonchev–Trinajstić information content (AvgIpc) is 1.82. The van der Waals surface area contributed by atoms with E-state index in [1.54, 1.807) is 0 Å². The lowest BCUT2D eigenvalue weighted by molar-refractivity contribution is -0.111. The van der Waals surface area contributed by atoms with Crippen molar-refractivity contribution in [2.24, 2.45) is 0 Å². The number of hydrogen-bond acceptors (Lipinski definition) is 2. The second-order valence-corrected chi connectivity index (χ2v) is 3.05. The summed E-state index contributed by atoms with van der Waals surface area (Å²) in [5.41, 5.74) is 0. The third-order valence-electron chi connectivity index (χ3n) is 0.507. The average molecular weight is 240 g/mol. The minimum atomic E-state index is -0.889. The Morgan fingerprint density at radius 2 is 1.45 bits per heavy atom. The Hall–Kier alpha value is 0.500. The Morgan fingerprint density at radius 3 is 1.55 bits per heavy atom. The zero-order valence-electron chi connectivity index (χ0n) is 5.45. The molecule has 0 aliphatic heterocycles. The molecular weight excluding hydrogens is 234 g/mol. The highest BCUT2D eigenvalue weighted by Gasteiger charge is 1.91. The fourth-order valence-corrected chi connectivity index (χ4v) is 0.473. The normalized spacial score (nSPS) is 8.00. The van der Waals surface area contributed by atoms with E-state index in [-0.39, 0.29) is 5.24 Å². The highest BCUT2D eigenvalue weighted by Crippen LogP contribution is 1.94. The van der Waals surface area contributed by atoms with Crippen LogP contribution >= 0.6 is 46.4 Å². The molecule has 0 aliphatic rings. The van der Waals surface area contributed by atoms with Crippen molar-refractivity contribution in [3.8, 4) is 0 Å². The van der Waals surface area contributed by atoms with Crippen LogP contribution in [0, 0.1) is 0 Å². The molecule has 0 fully saturated rings. The quantitative estimate of drug-likeness (QED) is 0.559. The van der Waals surface area contributed by atoms with Gasteiger partial charge in [0.1, 0.15) is 0 Å². The van der Waals surface area contributed by atoms with Gasteiger partial charge in [-0.3, -0.25) is 9.59 Å². The zero-order valence-corrected chi connectivity index (χ0v) is 8.47. The van der Waals surface area contributed by atoms with E-state index in [0.717, 1.165) is 0 Å². The molecule has 6 heteroatoms. The van der Waals surface area contributed by atoms with Crippen molar-refractivity contribution in [1.82, 2.24) is 0 Å². The first kappa shape index (κ1) is 14.0. The van der Waals surface area contributed by atoms with E-state index < -0.39 is 4.70 Å². The summed E-state index contributed by atoms with van der Waals surface area (Å²) in [5, 5.41) is -0.305. The molecule has 0 unspecified atom stereocenters. The summed E-state index contributed by atoms with van der Waals surface area (Å²) < 4.78 is -0.889. The lowest BCUT2D eigenvalue weighted by Crippen LogP contribution is -1.84. The Morgan fingerprint density at radius 1 is 1.09 bits per heavy atom. The van der Waals surface area contributed by atoms with Gasteiger partial charge >= 0.3 is 4.70 Å². The highest BCUT2D eigenvalue weighted by molar-refractivity contribution is 6.93. The molecule has 0 aromatic heterocycles. The van der Waals surface area contributed by atoms with Gasteiger partial charge in [0, 0.05) is 12.3 Å². The number of rotatable bonds is 3. The van der Waals surface area contributed by atoms with Crippen molar-refractivity contribution < 1.29 is 9.59 Å². The fourth-order valence-electron chi connectivity index (χ4n) is 0.206. The molecule has 0 amide bonds. The third kappa shape index (κ3) is 37.5. The molecule has 0 spiro atoms. The second kappa shape index (κ2) is 10.5. The van der Waals surface area contributed by atoms with Crippen molar-refractivity contribution in [3.63, 3.8) is 0 Å². The smallest absolute Gasteiger partial charge is 0.281 e. The SMILES string of the molecule is O=C(Cl)CCCCl.O=C(Cl)Cl. The van der Waals surface area contributed by atoms with Crippen molar-refractivity contribution in [2.75, 3.05) is 5.88 Å². The van der Waals surface area contributed by atoms with Gasteiger partial charge in [0.25, 0.3) is 0 Å². The van der Waals surface area contributed by atoms with Gasteiger partial charge in [-0.25, -0.2) is 0 Å². The van der Waals surface area contributed by atoms with Crippen LogP contribution in [0.15, 0.2) is 0 Å². The van der Waals surface area contributed by atoms with Crippen molar-refractivity contribution in [1.29, 1.82) is 0 Å². The van der Waals surface area contributed by atoms with E-state index in [4.69, 9.17) is 28.0 Å². The van der Waals surface area contributed by atoms with Gasteiger partial charge in [0.2, 0.25) is 5.24 Å². The summed E-state index contributed by atoms with van der Waals surface area (Å²) in [5.74, 6) is 0.512. The predicted octanol–water partition coefficient (Wildman–Crippen LogP) is 3.35. The van der Waals surface area contributed by atoms with E-state index in [2.05, 4.69) is 23.2 Å². The molecule has 0 saturated carbocycles. The van der Waals surface area contributed by atoms with E-state index in [1.165, 1.54) is 0 Å². The second-order valence-electron chi connectivity index (χ2n) is 1.37. The summed E-state index contributed by atoms with van der Waals surface area (Å²) in [7, 11) is 0. The van der Waals surface area contributed by atoms with Crippen LogP contribution in [0.2, 0.25) is 0 Å². The molecule has 66 valence electrons. The van der Waals surface area contributed by atoms with Crippen molar-refractivity contribution >= 4 is 56.3 Å². The predicted molar refractivity (Wildman–Crippen MR) is 47.9 cm³/mol. The van der Waals surface area contributed by atoms with Gasteiger partial charge < -0.3 is 0 Å². The van der Waals surface area contributed by atoms with Crippen LogP contribution in [0.5, 0.6) is 0 Å². The summed E-state index contributed by atoms with van der Waals surface area (Å²) in [4.78, 5) is 18.9. The van der Waals surface area contributed by atoms with Gasteiger partial charge in [-0.15, -0.1) is 11.6 Å². The standard InChI is InChI=1S/C4H6Cl2O.CCl2O/c5-3-1-2-4(6)7;2-1(3)4/h1-3H2;. The van der Waals surface area contributed by atoms with Crippen molar-refractivity contribution in [3.05, 3.63) is 0 Å². The van der Waals surface area contributed by atoms with Crippen LogP contribution in [-0.4, -0.2) is 15.8 Å². The Bertz CT molecular complexity index is 122. The van der Waals surface area contributed by atoms with Crippen LogP contribution in [-0.2, 0) is 4.79 Å². The molecule has 0 heterocycles. The number of hydrogen-bond donors (Lipinski definition) is 0. The van der Waals surface area contributed by atoms with Gasteiger partial charge in [-0.1, -0.05) is 0 Å². The van der Waals surface area contributed by atoms with Gasteiger partial charge in [0.15, 0.2) is 0 Å².